The molecule has 0 aliphatic rings. The molecule has 0 aliphatic heterocycles. The van der Waals surface area contributed by atoms with E-state index in [4.69, 9.17) is 9.15 Å². The first kappa shape index (κ1) is 13.7. The van der Waals surface area contributed by atoms with Crippen molar-refractivity contribution in [2.24, 2.45) is 0 Å². The van der Waals surface area contributed by atoms with Crippen molar-refractivity contribution < 1.29 is 9.15 Å². The fourth-order valence-corrected chi connectivity index (χ4v) is 2.49. The number of furan rings is 1. The van der Waals surface area contributed by atoms with E-state index in [2.05, 4.69) is 30.4 Å². The Morgan fingerprint density at radius 3 is 2.37 bits per heavy atom. The molecule has 0 saturated heterocycles. The Balaban J connectivity index is 2.53. The van der Waals surface area contributed by atoms with E-state index in [0.717, 1.165) is 28.4 Å². The third-order valence-corrected chi connectivity index (χ3v) is 3.38. The Morgan fingerprint density at radius 1 is 1.11 bits per heavy atom. The van der Waals surface area contributed by atoms with Gasteiger partial charge in [0.25, 0.3) is 0 Å². The van der Waals surface area contributed by atoms with E-state index in [-0.39, 0.29) is 6.04 Å². The van der Waals surface area contributed by atoms with Gasteiger partial charge in [0.2, 0.25) is 0 Å². The zero-order valence-corrected chi connectivity index (χ0v) is 12.2. The zero-order chi connectivity index (χ0) is 14.0. The summed E-state index contributed by atoms with van der Waals surface area (Å²) in [5, 5.41) is 3.35. The summed E-state index contributed by atoms with van der Waals surface area (Å²) in [4.78, 5) is 0. The average molecular weight is 259 g/mol. The van der Waals surface area contributed by atoms with Gasteiger partial charge in [0.05, 0.1) is 13.2 Å². The van der Waals surface area contributed by atoms with Gasteiger partial charge in [-0.3, -0.25) is 0 Å². The normalized spacial score (nSPS) is 12.5. The molecular weight excluding hydrogens is 238 g/mol. The molecule has 0 saturated carbocycles. The van der Waals surface area contributed by atoms with E-state index in [1.165, 1.54) is 5.56 Å². The van der Waals surface area contributed by atoms with Crippen LogP contribution in [0.3, 0.4) is 0 Å². The van der Waals surface area contributed by atoms with E-state index in [1.807, 2.05) is 27.0 Å². The van der Waals surface area contributed by atoms with Crippen LogP contribution in [0.15, 0.2) is 28.7 Å². The maximum absolute atomic E-state index is 5.64. The molecule has 1 N–H and O–H groups in total. The second-order valence-electron chi connectivity index (χ2n) is 4.84. The van der Waals surface area contributed by atoms with E-state index < -0.39 is 0 Å². The van der Waals surface area contributed by atoms with Gasteiger partial charge >= 0.3 is 0 Å². The van der Waals surface area contributed by atoms with Crippen LogP contribution in [0.1, 0.15) is 34.3 Å². The molecule has 1 heterocycles. The summed E-state index contributed by atoms with van der Waals surface area (Å²) in [5.41, 5.74) is 3.51. The SMILES string of the molecule is CNC(c1cc(C)ccc1OC)c1cc(C)oc1C. The van der Waals surface area contributed by atoms with Gasteiger partial charge in [0, 0.05) is 11.1 Å². The molecule has 3 nitrogen and oxygen atoms in total. The highest BCUT2D eigenvalue weighted by molar-refractivity contribution is 5.44. The maximum Gasteiger partial charge on any atom is 0.124 e. The highest BCUT2D eigenvalue weighted by Gasteiger charge is 2.21. The van der Waals surface area contributed by atoms with Gasteiger partial charge in [-0.2, -0.15) is 0 Å². The van der Waals surface area contributed by atoms with Crippen LogP contribution in [0.25, 0.3) is 0 Å². The molecule has 0 amide bonds. The molecule has 3 heteroatoms. The van der Waals surface area contributed by atoms with Gasteiger partial charge in [-0.25, -0.2) is 0 Å². The number of hydrogen-bond donors (Lipinski definition) is 1. The van der Waals surface area contributed by atoms with Crippen LogP contribution < -0.4 is 10.1 Å². The first-order chi connectivity index (χ1) is 9.06. The van der Waals surface area contributed by atoms with Crippen molar-refractivity contribution in [2.45, 2.75) is 26.8 Å². The lowest BCUT2D eigenvalue weighted by Crippen LogP contribution is -2.18. The van der Waals surface area contributed by atoms with Crippen molar-refractivity contribution in [3.63, 3.8) is 0 Å². The van der Waals surface area contributed by atoms with Gasteiger partial charge in [0.15, 0.2) is 0 Å². The first-order valence-corrected chi connectivity index (χ1v) is 6.45. The topological polar surface area (TPSA) is 34.4 Å². The van der Waals surface area contributed by atoms with E-state index in [0.29, 0.717) is 0 Å². The third kappa shape index (κ3) is 2.66. The predicted molar refractivity (Wildman–Crippen MR) is 76.8 cm³/mol. The van der Waals surface area contributed by atoms with Crippen molar-refractivity contribution in [3.05, 3.63) is 52.5 Å². The largest absolute Gasteiger partial charge is 0.496 e. The minimum Gasteiger partial charge on any atom is -0.496 e. The van der Waals surface area contributed by atoms with Crippen LogP contribution in [0.4, 0.5) is 0 Å². The van der Waals surface area contributed by atoms with Gasteiger partial charge in [-0.05, 0) is 40.0 Å². The predicted octanol–water partition coefficient (Wildman–Crippen LogP) is 3.52. The minimum atomic E-state index is 0.0762. The van der Waals surface area contributed by atoms with Crippen molar-refractivity contribution >= 4 is 0 Å². The summed E-state index contributed by atoms with van der Waals surface area (Å²) in [6, 6.07) is 8.38. The fraction of sp³-hybridized carbons (Fsp3) is 0.375. The Morgan fingerprint density at radius 2 is 1.84 bits per heavy atom. The molecule has 1 atom stereocenters. The number of hydrogen-bond acceptors (Lipinski definition) is 3. The number of benzene rings is 1. The van der Waals surface area contributed by atoms with Gasteiger partial charge in [-0.1, -0.05) is 17.7 Å². The molecule has 102 valence electrons. The molecule has 0 radical (unpaired) electrons. The molecular formula is C16H21NO2. The lowest BCUT2D eigenvalue weighted by Gasteiger charge is -2.19. The molecule has 0 spiro atoms. The highest BCUT2D eigenvalue weighted by atomic mass is 16.5. The van der Waals surface area contributed by atoms with Crippen LogP contribution in [0.5, 0.6) is 5.75 Å². The summed E-state index contributed by atoms with van der Waals surface area (Å²) in [5.74, 6) is 2.77. The van der Waals surface area contributed by atoms with Crippen LogP contribution in [-0.4, -0.2) is 14.2 Å². The lowest BCUT2D eigenvalue weighted by molar-refractivity contribution is 0.404. The molecule has 1 unspecified atom stereocenters. The van der Waals surface area contributed by atoms with Crippen LogP contribution >= 0.6 is 0 Å². The standard InChI is InChI=1S/C16H21NO2/c1-10-6-7-15(18-5)14(8-10)16(17-4)13-9-11(2)19-12(13)3/h6-9,16-17H,1-5H3. The Hall–Kier alpha value is -1.74. The van der Waals surface area contributed by atoms with Crippen molar-refractivity contribution in [1.29, 1.82) is 0 Å². The molecule has 0 aliphatic carbocycles. The first-order valence-electron chi connectivity index (χ1n) is 6.45. The smallest absolute Gasteiger partial charge is 0.124 e. The summed E-state index contributed by atoms with van der Waals surface area (Å²) in [6.45, 7) is 6.05. The maximum atomic E-state index is 5.64. The summed E-state index contributed by atoms with van der Waals surface area (Å²) in [7, 11) is 3.66. The quantitative estimate of drug-likeness (QED) is 0.912. The van der Waals surface area contributed by atoms with E-state index in [1.54, 1.807) is 7.11 Å². The minimum absolute atomic E-state index is 0.0762. The number of aryl methyl sites for hydroxylation is 3. The Kier molecular flexibility index (Phi) is 3.96. The number of methoxy groups -OCH3 is 1. The van der Waals surface area contributed by atoms with Gasteiger partial charge < -0.3 is 14.5 Å². The molecule has 0 bridgehead atoms. The Bertz CT molecular complexity index is 572. The van der Waals surface area contributed by atoms with E-state index in [9.17, 15) is 0 Å². The lowest BCUT2D eigenvalue weighted by atomic mass is 9.96. The highest BCUT2D eigenvalue weighted by Crippen LogP contribution is 2.33. The van der Waals surface area contributed by atoms with Crippen LogP contribution in [-0.2, 0) is 0 Å². The van der Waals surface area contributed by atoms with Gasteiger partial charge in [-0.15, -0.1) is 0 Å². The molecule has 19 heavy (non-hydrogen) atoms. The van der Waals surface area contributed by atoms with Crippen LogP contribution in [0.2, 0.25) is 0 Å². The summed E-state index contributed by atoms with van der Waals surface area (Å²) in [6.07, 6.45) is 0. The van der Waals surface area contributed by atoms with Crippen molar-refractivity contribution in [2.75, 3.05) is 14.2 Å². The molecule has 1 aromatic carbocycles. The molecule has 0 fully saturated rings. The fourth-order valence-electron chi connectivity index (χ4n) is 2.49. The number of rotatable bonds is 4. The summed E-state index contributed by atoms with van der Waals surface area (Å²) < 4.78 is 11.1. The molecule has 2 aromatic rings. The monoisotopic (exact) mass is 259 g/mol. The van der Waals surface area contributed by atoms with Crippen LogP contribution in [0, 0.1) is 20.8 Å². The van der Waals surface area contributed by atoms with Gasteiger partial charge in [0.1, 0.15) is 17.3 Å². The second kappa shape index (κ2) is 5.49. The summed E-state index contributed by atoms with van der Waals surface area (Å²) >= 11 is 0. The van der Waals surface area contributed by atoms with Crippen molar-refractivity contribution in [3.8, 4) is 5.75 Å². The van der Waals surface area contributed by atoms with E-state index >= 15 is 0 Å². The van der Waals surface area contributed by atoms with Crippen molar-refractivity contribution in [1.82, 2.24) is 5.32 Å². The zero-order valence-electron chi connectivity index (χ0n) is 12.2. The Labute approximate surface area is 114 Å². The molecule has 2 rings (SSSR count). The second-order valence-corrected chi connectivity index (χ2v) is 4.84. The number of nitrogens with one attached hydrogen (secondary N) is 1. The third-order valence-electron chi connectivity index (χ3n) is 3.38. The average Bonchev–Trinajstić information content (AvgIpc) is 2.70. The molecule has 1 aromatic heterocycles. The number of ether oxygens (including phenoxy) is 1.